The number of hydrogen-bond donors (Lipinski definition) is 0. The van der Waals surface area contributed by atoms with Gasteiger partial charge >= 0.3 is 17.9 Å². The molecule has 0 amide bonds. The summed E-state index contributed by atoms with van der Waals surface area (Å²) in [6, 6.07) is 32.3. The predicted octanol–water partition coefficient (Wildman–Crippen LogP) is 11.1. The Hall–Kier alpha value is -4.60. The Balaban J connectivity index is 1.50. The van der Waals surface area contributed by atoms with Crippen molar-refractivity contribution in [1.82, 2.24) is 0 Å². The van der Waals surface area contributed by atoms with E-state index in [1.807, 2.05) is 26.0 Å². The number of esters is 3. The highest BCUT2D eigenvalue weighted by atomic mass is 32.2. The molecule has 2 saturated heterocycles. The number of carbonyl (C=O) groups excluding carboxylic acids is 3. The highest BCUT2D eigenvalue weighted by Crippen LogP contribution is 2.42. The van der Waals surface area contributed by atoms with Crippen LogP contribution < -0.4 is 0 Å². The normalized spacial score (nSPS) is 24.9. The molecule has 12 nitrogen and oxygen atoms in total. The van der Waals surface area contributed by atoms with Crippen molar-refractivity contribution in [2.75, 3.05) is 26.4 Å². The zero-order chi connectivity index (χ0) is 49.3. The number of rotatable bonds is 23. The second kappa shape index (κ2) is 26.6. The summed E-state index contributed by atoms with van der Waals surface area (Å²) < 4.78 is 60.2. The molecule has 0 saturated carbocycles. The van der Waals surface area contributed by atoms with Gasteiger partial charge in [0.15, 0.2) is 24.6 Å². The van der Waals surface area contributed by atoms with Crippen molar-refractivity contribution >= 4 is 29.7 Å². The standard InChI is InChI=1S/C56H72O12S/c1-9-12-32-60-36-43-46(62-34-14-11-3)48(50(67-53(59)41-28-22-17-23-29-41)55(64-43)69-44-35-42(56(6,7)8)31-30-37(44)4)68-54-49(66-52(58)40-26-20-16-21-27-40)47(45(38(5)63-54)61-33-13-10-2)65-51(57)39-24-18-15-19-25-39/h15-31,35,38,43,45-50,54-55H,9-14,32-34,36H2,1-8H3/t38?,43?,45-,46+,47?,48?,49-,50-,54-,55-/m0/s1. The number of benzene rings is 4. The second-order valence-corrected chi connectivity index (χ2v) is 19.9. The Labute approximate surface area is 413 Å². The van der Waals surface area contributed by atoms with Crippen LogP contribution in [0.4, 0.5) is 0 Å². The van der Waals surface area contributed by atoms with E-state index in [0.717, 1.165) is 54.5 Å². The highest BCUT2D eigenvalue weighted by Gasteiger charge is 2.56. The molecular formula is C56H72O12S. The molecule has 4 aromatic carbocycles. The topological polar surface area (TPSA) is 134 Å². The van der Waals surface area contributed by atoms with Gasteiger partial charge in [0.25, 0.3) is 0 Å². The molecule has 374 valence electrons. The molecule has 0 aromatic heterocycles. The maximum Gasteiger partial charge on any atom is 0.338 e. The van der Waals surface area contributed by atoms with E-state index >= 15 is 0 Å². The Bertz CT molecular complexity index is 2180. The number of ether oxygens (including phenoxy) is 9. The number of carbonyl (C=O) groups is 3. The van der Waals surface area contributed by atoms with Crippen LogP contribution in [0.1, 0.15) is 129 Å². The molecule has 13 heteroatoms. The van der Waals surface area contributed by atoms with Crippen LogP contribution >= 0.6 is 11.8 Å². The third-order valence-corrected chi connectivity index (χ3v) is 13.5. The first-order valence-corrected chi connectivity index (χ1v) is 25.5. The molecule has 69 heavy (non-hydrogen) atoms. The molecular weight excluding hydrogens is 897 g/mol. The molecule has 0 N–H and O–H groups in total. The summed E-state index contributed by atoms with van der Waals surface area (Å²) in [7, 11) is 0. The quantitative estimate of drug-likeness (QED) is 0.0397. The van der Waals surface area contributed by atoms with Gasteiger partial charge in [-0.05, 0) is 92.1 Å². The minimum atomic E-state index is -1.41. The largest absolute Gasteiger partial charge is 0.452 e. The zero-order valence-electron chi connectivity index (χ0n) is 41.5. The Morgan fingerprint density at radius 2 is 1.07 bits per heavy atom. The van der Waals surface area contributed by atoms with Crippen LogP contribution in [0.3, 0.4) is 0 Å². The average Bonchev–Trinajstić information content (AvgIpc) is 3.35. The number of hydrogen-bond acceptors (Lipinski definition) is 13. The van der Waals surface area contributed by atoms with Crippen LogP contribution in [0.5, 0.6) is 0 Å². The van der Waals surface area contributed by atoms with E-state index in [4.69, 9.17) is 42.6 Å². The highest BCUT2D eigenvalue weighted by molar-refractivity contribution is 7.99. The van der Waals surface area contributed by atoms with Gasteiger partial charge < -0.3 is 42.6 Å². The van der Waals surface area contributed by atoms with Gasteiger partial charge in [0.1, 0.15) is 29.9 Å². The van der Waals surface area contributed by atoms with Crippen LogP contribution in [0.25, 0.3) is 0 Å². The molecule has 2 heterocycles. The predicted molar refractivity (Wildman–Crippen MR) is 266 cm³/mol. The van der Waals surface area contributed by atoms with Crippen molar-refractivity contribution in [2.24, 2.45) is 0 Å². The lowest BCUT2D eigenvalue weighted by Crippen LogP contribution is -2.66. The van der Waals surface area contributed by atoms with Crippen molar-refractivity contribution in [3.05, 3.63) is 137 Å². The molecule has 0 bridgehead atoms. The molecule has 0 spiro atoms. The fourth-order valence-electron chi connectivity index (χ4n) is 8.11. The molecule has 2 aliphatic heterocycles. The monoisotopic (exact) mass is 968 g/mol. The average molecular weight is 969 g/mol. The van der Waals surface area contributed by atoms with E-state index in [1.165, 1.54) is 11.8 Å². The summed E-state index contributed by atoms with van der Waals surface area (Å²) in [5.74, 6) is -1.94. The van der Waals surface area contributed by atoms with Crippen molar-refractivity contribution < 1.29 is 57.0 Å². The van der Waals surface area contributed by atoms with E-state index in [0.29, 0.717) is 30.9 Å². The van der Waals surface area contributed by atoms with Gasteiger partial charge in [-0.25, -0.2) is 14.4 Å². The molecule has 0 radical (unpaired) electrons. The zero-order valence-corrected chi connectivity index (χ0v) is 42.4. The SMILES string of the molecule is CCCCOCC1O[C@@H](Sc2cc(C(C)(C)C)ccc2C)[C@@H](OC(=O)c2ccccc2)C(O[C@@H]2OC(C)[C@H](OCCCC)C(OC(=O)c3ccccc3)[C@@H]2OC(=O)c2ccccc2)[C@@H]1OCCCC. The summed E-state index contributed by atoms with van der Waals surface area (Å²) in [6.45, 7) is 17.9. The summed E-state index contributed by atoms with van der Waals surface area (Å²) in [4.78, 5) is 43.7. The van der Waals surface area contributed by atoms with Crippen LogP contribution in [-0.2, 0) is 48.0 Å². The maximum absolute atomic E-state index is 14.4. The molecule has 2 aliphatic rings. The van der Waals surface area contributed by atoms with Crippen molar-refractivity contribution in [2.45, 2.75) is 165 Å². The van der Waals surface area contributed by atoms with Gasteiger partial charge in [0, 0.05) is 24.7 Å². The van der Waals surface area contributed by atoms with Gasteiger partial charge in [-0.15, -0.1) is 0 Å². The summed E-state index contributed by atoms with van der Waals surface area (Å²) in [6.07, 6.45) is -4.61. The smallest absolute Gasteiger partial charge is 0.338 e. The van der Waals surface area contributed by atoms with Gasteiger partial charge in [-0.2, -0.15) is 0 Å². The van der Waals surface area contributed by atoms with Crippen molar-refractivity contribution in [3.8, 4) is 0 Å². The number of aryl methyl sites for hydroxylation is 1. The third-order valence-electron chi connectivity index (χ3n) is 12.2. The Morgan fingerprint density at radius 1 is 0.580 bits per heavy atom. The minimum Gasteiger partial charge on any atom is -0.452 e. The molecule has 4 unspecified atom stereocenters. The van der Waals surface area contributed by atoms with Gasteiger partial charge in [0.05, 0.1) is 29.4 Å². The first-order valence-electron chi connectivity index (χ1n) is 24.7. The first-order chi connectivity index (χ1) is 33.3. The minimum absolute atomic E-state index is 0.146. The fourth-order valence-corrected chi connectivity index (χ4v) is 9.35. The van der Waals surface area contributed by atoms with Crippen LogP contribution in [0, 0.1) is 6.92 Å². The first kappa shape index (κ1) is 53.7. The van der Waals surface area contributed by atoms with E-state index in [1.54, 1.807) is 78.9 Å². The molecule has 6 rings (SSSR count). The Kier molecular flexibility index (Phi) is 20.7. The van der Waals surface area contributed by atoms with E-state index in [9.17, 15) is 14.4 Å². The van der Waals surface area contributed by atoms with Crippen molar-refractivity contribution in [1.29, 1.82) is 0 Å². The van der Waals surface area contributed by atoms with Crippen LogP contribution in [-0.4, -0.2) is 105 Å². The molecule has 2 fully saturated rings. The van der Waals surface area contributed by atoms with Gasteiger partial charge in [-0.1, -0.05) is 139 Å². The summed E-state index contributed by atoms with van der Waals surface area (Å²) in [5, 5.41) is 0. The lowest BCUT2D eigenvalue weighted by Gasteiger charge is -2.49. The maximum atomic E-state index is 14.4. The van der Waals surface area contributed by atoms with Gasteiger partial charge in [-0.3, -0.25) is 0 Å². The molecule has 10 atom stereocenters. The van der Waals surface area contributed by atoms with Gasteiger partial charge in [0.2, 0.25) is 0 Å². The van der Waals surface area contributed by atoms with E-state index < -0.39 is 78.5 Å². The number of unbranched alkanes of at least 4 members (excludes halogenated alkanes) is 3. The van der Waals surface area contributed by atoms with Crippen molar-refractivity contribution in [3.63, 3.8) is 0 Å². The summed E-state index contributed by atoms with van der Waals surface area (Å²) in [5.41, 5.74) is 2.00. The Morgan fingerprint density at radius 3 is 1.59 bits per heavy atom. The second-order valence-electron chi connectivity index (χ2n) is 18.7. The fraction of sp³-hybridized carbons (Fsp3) is 0.518. The lowest BCUT2D eigenvalue weighted by atomic mass is 9.87. The lowest BCUT2D eigenvalue weighted by molar-refractivity contribution is -0.337. The van der Waals surface area contributed by atoms with E-state index in [-0.39, 0.29) is 17.6 Å². The van der Waals surface area contributed by atoms with E-state index in [2.05, 4.69) is 59.7 Å². The third kappa shape index (κ3) is 15.0. The molecule has 4 aromatic rings. The number of thioether (sulfide) groups is 1. The van der Waals surface area contributed by atoms with Crippen LogP contribution in [0.15, 0.2) is 114 Å². The van der Waals surface area contributed by atoms with Crippen LogP contribution in [0.2, 0.25) is 0 Å². The summed E-state index contributed by atoms with van der Waals surface area (Å²) >= 11 is 1.43. The molecule has 0 aliphatic carbocycles.